The number of fused-ring (bicyclic) bond motifs is 5. The summed E-state index contributed by atoms with van der Waals surface area (Å²) in [6.45, 7) is 4.54. The van der Waals surface area contributed by atoms with Crippen LogP contribution in [0.25, 0.3) is 0 Å². The molecule has 2 saturated carbocycles. The number of ketones is 1. The van der Waals surface area contributed by atoms with E-state index in [1.54, 1.807) is 0 Å². The molecule has 0 aromatic carbocycles. The van der Waals surface area contributed by atoms with Crippen LogP contribution in [0, 0.1) is 23.2 Å². The highest BCUT2D eigenvalue weighted by Crippen LogP contribution is 2.61. The van der Waals surface area contributed by atoms with E-state index in [2.05, 4.69) is 13.8 Å². The lowest BCUT2D eigenvalue weighted by Gasteiger charge is -2.59. The molecule has 5 atom stereocenters. The van der Waals surface area contributed by atoms with Crippen LogP contribution in [-0.4, -0.2) is 17.4 Å². The van der Waals surface area contributed by atoms with Gasteiger partial charge in [0.15, 0.2) is 5.78 Å². The SMILES string of the molecule is C[C@@]12CC[C@H]3[C@@H](CCC4=CC(=O)CC[C@]43C)[C@H]1CCC(=O)O2. The highest BCUT2D eigenvalue weighted by atomic mass is 16.6. The van der Waals surface area contributed by atoms with Crippen LogP contribution in [0.1, 0.15) is 65.2 Å². The van der Waals surface area contributed by atoms with Gasteiger partial charge in [-0.2, -0.15) is 0 Å². The van der Waals surface area contributed by atoms with E-state index in [-0.39, 0.29) is 17.0 Å². The number of hydrogen-bond donors (Lipinski definition) is 0. The van der Waals surface area contributed by atoms with Crippen LogP contribution in [-0.2, 0) is 14.3 Å². The van der Waals surface area contributed by atoms with Gasteiger partial charge < -0.3 is 4.74 Å². The molecule has 0 N–H and O–H groups in total. The standard InChI is InChI=1S/C19H26O3/c1-18-9-7-13(20)11-12(18)3-4-14-15(18)8-10-19(2)16(14)5-6-17(21)22-19/h11,14-16H,3-10H2,1-2H3/t14-,15+,16-,18-,19-/m1/s1. The van der Waals surface area contributed by atoms with Gasteiger partial charge in [0.2, 0.25) is 0 Å². The Hall–Kier alpha value is -1.12. The van der Waals surface area contributed by atoms with Gasteiger partial charge in [0.05, 0.1) is 0 Å². The van der Waals surface area contributed by atoms with Crippen molar-refractivity contribution in [3.63, 3.8) is 0 Å². The minimum atomic E-state index is -0.238. The zero-order valence-electron chi connectivity index (χ0n) is 13.7. The second-order valence-electron chi connectivity index (χ2n) is 8.33. The number of allylic oxidation sites excluding steroid dienone is 2. The lowest BCUT2D eigenvalue weighted by molar-refractivity contribution is -0.194. The third-order valence-electron chi connectivity index (χ3n) is 7.30. The summed E-state index contributed by atoms with van der Waals surface area (Å²) < 4.78 is 5.81. The van der Waals surface area contributed by atoms with Crippen LogP contribution in [0.2, 0.25) is 0 Å². The van der Waals surface area contributed by atoms with Crippen LogP contribution >= 0.6 is 0 Å². The second kappa shape index (κ2) is 4.69. The summed E-state index contributed by atoms with van der Waals surface area (Å²) in [6, 6.07) is 0. The van der Waals surface area contributed by atoms with Crippen molar-refractivity contribution >= 4 is 11.8 Å². The van der Waals surface area contributed by atoms with Crippen LogP contribution in [0.4, 0.5) is 0 Å². The fourth-order valence-corrected chi connectivity index (χ4v) is 6.08. The van der Waals surface area contributed by atoms with Gasteiger partial charge in [-0.25, -0.2) is 0 Å². The highest BCUT2D eigenvalue weighted by molar-refractivity contribution is 5.91. The molecule has 0 spiro atoms. The van der Waals surface area contributed by atoms with Crippen molar-refractivity contribution in [3.8, 4) is 0 Å². The minimum Gasteiger partial charge on any atom is -0.459 e. The summed E-state index contributed by atoms with van der Waals surface area (Å²) in [5.74, 6) is 2.14. The summed E-state index contributed by atoms with van der Waals surface area (Å²) in [4.78, 5) is 23.5. The predicted molar refractivity (Wildman–Crippen MR) is 83.1 cm³/mol. The van der Waals surface area contributed by atoms with E-state index in [0.717, 1.165) is 38.5 Å². The van der Waals surface area contributed by atoms with Crippen molar-refractivity contribution in [3.05, 3.63) is 11.6 Å². The number of carbonyl (C=O) groups excluding carboxylic acids is 2. The maximum atomic E-state index is 11.8. The van der Waals surface area contributed by atoms with Gasteiger partial charge in [-0.1, -0.05) is 12.5 Å². The van der Waals surface area contributed by atoms with E-state index in [0.29, 0.717) is 36.4 Å². The molecule has 3 nitrogen and oxygen atoms in total. The summed E-state index contributed by atoms with van der Waals surface area (Å²) in [7, 11) is 0. The Morgan fingerprint density at radius 1 is 1.00 bits per heavy atom. The first-order valence-electron chi connectivity index (χ1n) is 8.88. The number of hydrogen-bond acceptors (Lipinski definition) is 3. The van der Waals surface area contributed by atoms with Gasteiger partial charge in [0, 0.05) is 18.8 Å². The molecule has 0 unspecified atom stereocenters. The van der Waals surface area contributed by atoms with E-state index in [1.165, 1.54) is 5.57 Å². The largest absolute Gasteiger partial charge is 0.459 e. The summed E-state index contributed by atoms with van der Waals surface area (Å²) in [5, 5.41) is 0. The fraction of sp³-hybridized carbons (Fsp3) is 0.789. The third kappa shape index (κ3) is 1.93. The summed E-state index contributed by atoms with van der Waals surface area (Å²) >= 11 is 0. The monoisotopic (exact) mass is 302 g/mol. The Balaban J connectivity index is 1.67. The van der Waals surface area contributed by atoms with E-state index >= 15 is 0 Å². The van der Waals surface area contributed by atoms with Crippen molar-refractivity contribution in [2.24, 2.45) is 23.2 Å². The third-order valence-corrected chi connectivity index (χ3v) is 7.30. The Bertz CT molecular complexity index is 563. The maximum Gasteiger partial charge on any atom is 0.306 e. The van der Waals surface area contributed by atoms with Crippen molar-refractivity contribution < 1.29 is 14.3 Å². The molecule has 0 aromatic rings. The molecule has 4 aliphatic rings. The zero-order valence-corrected chi connectivity index (χ0v) is 13.7. The molecule has 120 valence electrons. The average molecular weight is 302 g/mol. The number of rotatable bonds is 0. The first kappa shape index (κ1) is 14.5. The van der Waals surface area contributed by atoms with Crippen LogP contribution in [0.5, 0.6) is 0 Å². The molecule has 3 aliphatic carbocycles. The predicted octanol–water partition coefficient (Wildman–Crippen LogP) is 3.81. The molecule has 0 aromatic heterocycles. The quantitative estimate of drug-likeness (QED) is 0.639. The van der Waals surface area contributed by atoms with Crippen LogP contribution in [0.15, 0.2) is 11.6 Å². The van der Waals surface area contributed by atoms with Gasteiger partial charge in [0.25, 0.3) is 0 Å². The van der Waals surface area contributed by atoms with E-state index in [1.807, 2.05) is 6.08 Å². The van der Waals surface area contributed by atoms with Gasteiger partial charge >= 0.3 is 5.97 Å². The number of esters is 1. The highest BCUT2D eigenvalue weighted by Gasteiger charge is 2.57. The Morgan fingerprint density at radius 3 is 2.64 bits per heavy atom. The van der Waals surface area contributed by atoms with Crippen molar-refractivity contribution in [1.29, 1.82) is 0 Å². The molecule has 1 saturated heterocycles. The fourth-order valence-electron chi connectivity index (χ4n) is 6.08. The van der Waals surface area contributed by atoms with Crippen LogP contribution in [0.3, 0.4) is 0 Å². The van der Waals surface area contributed by atoms with Gasteiger partial charge in [-0.15, -0.1) is 0 Å². The topological polar surface area (TPSA) is 43.4 Å². The lowest BCUT2D eigenvalue weighted by Crippen LogP contribution is -2.56. The molecule has 0 bridgehead atoms. The first-order chi connectivity index (χ1) is 10.4. The molecular weight excluding hydrogens is 276 g/mol. The first-order valence-corrected chi connectivity index (χ1v) is 8.88. The smallest absolute Gasteiger partial charge is 0.306 e. The summed E-state index contributed by atoms with van der Waals surface area (Å²) in [6.07, 6.45) is 9.60. The van der Waals surface area contributed by atoms with Gasteiger partial charge in [-0.3, -0.25) is 9.59 Å². The van der Waals surface area contributed by atoms with Crippen molar-refractivity contribution in [1.82, 2.24) is 0 Å². The van der Waals surface area contributed by atoms with Crippen molar-refractivity contribution in [2.75, 3.05) is 0 Å². The maximum absolute atomic E-state index is 11.8. The van der Waals surface area contributed by atoms with Crippen LogP contribution < -0.4 is 0 Å². The Kier molecular flexibility index (Phi) is 3.08. The molecule has 1 heterocycles. The molecule has 3 heteroatoms. The normalized spacial score (nSPS) is 47.7. The van der Waals surface area contributed by atoms with Gasteiger partial charge in [-0.05, 0) is 68.8 Å². The second-order valence-corrected chi connectivity index (χ2v) is 8.33. The van der Waals surface area contributed by atoms with Gasteiger partial charge in [0.1, 0.15) is 5.60 Å². The number of carbonyl (C=O) groups is 2. The lowest BCUT2D eigenvalue weighted by atomic mass is 9.48. The average Bonchev–Trinajstić information content (AvgIpc) is 2.46. The molecule has 3 fully saturated rings. The molecule has 0 radical (unpaired) electrons. The number of ether oxygens (including phenoxy) is 1. The molecular formula is C19H26O3. The zero-order chi connectivity index (χ0) is 15.5. The Labute approximate surface area is 132 Å². The molecule has 0 amide bonds. The van der Waals surface area contributed by atoms with E-state index < -0.39 is 0 Å². The summed E-state index contributed by atoms with van der Waals surface area (Å²) in [5.41, 5.74) is 1.37. The molecule has 22 heavy (non-hydrogen) atoms. The van der Waals surface area contributed by atoms with Crippen molar-refractivity contribution in [2.45, 2.75) is 70.8 Å². The Morgan fingerprint density at radius 2 is 1.82 bits per heavy atom. The molecule has 1 aliphatic heterocycles. The van der Waals surface area contributed by atoms with E-state index in [9.17, 15) is 9.59 Å². The molecule has 4 rings (SSSR count). The minimum absolute atomic E-state index is 0.0110. The van der Waals surface area contributed by atoms with E-state index in [4.69, 9.17) is 4.74 Å².